The van der Waals surface area contributed by atoms with Crippen LogP contribution < -0.4 is 4.74 Å². The van der Waals surface area contributed by atoms with Crippen LogP contribution in [-0.4, -0.2) is 10.1 Å². The Balaban J connectivity index is 1.94. The molecule has 0 saturated carbocycles. The second-order valence-electron chi connectivity index (χ2n) is 4.83. The Labute approximate surface area is 127 Å². The zero-order chi connectivity index (χ0) is 15.4. The summed E-state index contributed by atoms with van der Waals surface area (Å²) in [4.78, 5) is 4.14. The maximum absolute atomic E-state index is 8.82. The molecule has 0 saturated heterocycles. The summed E-state index contributed by atoms with van der Waals surface area (Å²) in [6.45, 7) is 2.02. The molecule has 0 fully saturated rings. The molecule has 0 aliphatic heterocycles. The Kier molecular flexibility index (Phi) is 3.84. The number of nitrogens with zero attached hydrogens (tertiary/aromatic N) is 3. The molecule has 108 valence electrons. The average molecular weight is 291 g/mol. The number of hydrogen-bond acceptors (Lipinski definition) is 5. The Morgan fingerprint density at radius 1 is 1.23 bits per heavy atom. The number of aromatic nitrogens is 2. The van der Waals surface area contributed by atoms with E-state index in [2.05, 4.69) is 10.1 Å². The molecular formula is C17H13N3O2. The standard InChI is InChI=1S/C17H13N3O2/c1-12-3-2-4-14(9-12)17(15-7-8-21-20-15)22-16-6-5-13(10-18)11-19-16/h2-9,11,17H,1H3. The van der Waals surface area contributed by atoms with E-state index in [9.17, 15) is 0 Å². The Morgan fingerprint density at radius 2 is 2.14 bits per heavy atom. The summed E-state index contributed by atoms with van der Waals surface area (Å²) in [5.41, 5.74) is 3.24. The fourth-order valence-electron chi connectivity index (χ4n) is 2.13. The Morgan fingerprint density at radius 3 is 2.77 bits per heavy atom. The molecule has 2 aromatic heterocycles. The van der Waals surface area contributed by atoms with Gasteiger partial charge in [-0.2, -0.15) is 5.26 Å². The van der Waals surface area contributed by atoms with Crippen LogP contribution >= 0.6 is 0 Å². The minimum Gasteiger partial charge on any atom is -0.463 e. The molecule has 0 aliphatic carbocycles. The number of hydrogen-bond donors (Lipinski definition) is 0. The van der Waals surface area contributed by atoms with Crippen LogP contribution in [-0.2, 0) is 0 Å². The van der Waals surface area contributed by atoms with Gasteiger partial charge in [-0.1, -0.05) is 35.0 Å². The molecule has 0 aliphatic rings. The first-order chi connectivity index (χ1) is 10.8. The van der Waals surface area contributed by atoms with E-state index < -0.39 is 6.10 Å². The number of pyridine rings is 1. The maximum atomic E-state index is 8.82. The molecule has 3 aromatic rings. The molecule has 1 atom stereocenters. The van der Waals surface area contributed by atoms with E-state index in [-0.39, 0.29) is 0 Å². The van der Waals surface area contributed by atoms with Gasteiger partial charge in [0, 0.05) is 18.3 Å². The van der Waals surface area contributed by atoms with Crippen LogP contribution in [0.3, 0.4) is 0 Å². The third kappa shape index (κ3) is 2.96. The van der Waals surface area contributed by atoms with Crippen LogP contribution in [0.5, 0.6) is 5.88 Å². The summed E-state index contributed by atoms with van der Waals surface area (Å²) in [6.07, 6.45) is 2.57. The number of aryl methyl sites for hydroxylation is 1. The highest BCUT2D eigenvalue weighted by Gasteiger charge is 2.20. The van der Waals surface area contributed by atoms with E-state index in [0.29, 0.717) is 17.1 Å². The highest BCUT2D eigenvalue weighted by atomic mass is 16.5. The number of benzene rings is 1. The van der Waals surface area contributed by atoms with Gasteiger partial charge in [0.2, 0.25) is 5.88 Å². The summed E-state index contributed by atoms with van der Waals surface area (Å²) in [7, 11) is 0. The van der Waals surface area contributed by atoms with Crippen LogP contribution in [0.15, 0.2) is 59.4 Å². The Bertz CT molecular complexity index is 790. The third-order valence-corrected chi connectivity index (χ3v) is 3.18. The molecule has 22 heavy (non-hydrogen) atoms. The minimum absolute atomic E-state index is 0.418. The van der Waals surface area contributed by atoms with Crippen molar-refractivity contribution in [2.45, 2.75) is 13.0 Å². The third-order valence-electron chi connectivity index (χ3n) is 3.18. The molecular weight excluding hydrogens is 278 g/mol. The van der Waals surface area contributed by atoms with Crippen LogP contribution in [0.1, 0.15) is 28.5 Å². The summed E-state index contributed by atoms with van der Waals surface area (Å²) < 4.78 is 10.9. The van der Waals surface area contributed by atoms with Gasteiger partial charge in [-0.3, -0.25) is 0 Å². The lowest BCUT2D eigenvalue weighted by atomic mass is 10.0. The lowest BCUT2D eigenvalue weighted by Gasteiger charge is -2.17. The van der Waals surface area contributed by atoms with Gasteiger partial charge in [-0.25, -0.2) is 4.98 Å². The quantitative estimate of drug-likeness (QED) is 0.736. The van der Waals surface area contributed by atoms with E-state index in [1.54, 1.807) is 18.2 Å². The summed E-state index contributed by atoms with van der Waals surface area (Å²) >= 11 is 0. The minimum atomic E-state index is -0.418. The number of ether oxygens (including phenoxy) is 1. The SMILES string of the molecule is Cc1cccc(C(Oc2ccc(C#N)cn2)c2ccon2)c1. The van der Waals surface area contributed by atoms with Crippen molar-refractivity contribution in [1.29, 1.82) is 5.26 Å². The van der Waals surface area contributed by atoms with Crippen LogP contribution in [0, 0.1) is 18.3 Å². The molecule has 0 spiro atoms. The normalized spacial score (nSPS) is 11.6. The van der Waals surface area contributed by atoms with E-state index >= 15 is 0 Å². The maximum Gasteiger partial charge on any atom is 0.214 e. The van der Waals surface area contributed by atoms with Crippen LogP contribution in [0.2, 0.25) is 0 Å². The predicted octanol–water partition coefficient (Wildman–Crippen LogP) is 3.42. The van der Waals surface area contributed by atoms with E-state index in [0.717, 1.165) is 11.1 Å². The number of rotatable bonds is 4. The summed E-state index contributed by atoms with van der Waals surface area (Å²) in [5, 5.41) is 12.8. The van der Waals surface area contributed by atoms with Crippen molar-refractivity contribution in [2.75, 3.05) is 0 Å². The Hall–Kier alpha value is -3.13. The van der Waals surface area contributed by atoms with Gasteiger partial charge < -0.3 is 9.26 Å². The van der Waals surface area contributed by atoms with E-state index in [1.807, 2.05) is 37.3 Å². The zero-order valence-corrected chi connectivity index (χ0v) is 11.9. The second kappa shape index (κ2) is 6.10. The predicted molar refractivity (Wildman–Crippen MR) is 79.1 cm³/mol. The summed E-state index contributed by atoms with van der Waals surface area (Å²) in [5.74, 6) is 0.425. The van der Waals surface area contributed by atoms with E-state index in [1.165, 1.54) is 12.5 Å². The first-order valence-corrected chi connectivity index (χ1v) is 6.76. The number of nitriles is 1. The monoisotopic (exact) mass is 291 g/mol. The highest BCUT2D eigenvalue weighted by Crippen LogP contribution is 2.27. The first kappa shape index (κ1) is 13.8. The fourth-order valence-corrected chi connectivity index (χ4v) is 2.13. The second-order valence-corrected chi connectivity index (χ2v) is 4.83. The topological polar surface area (TPSA) is 71.9 Å². The largest absolute Gasteiger partial charge is 0.463 e. The zero-order valence-electron chi connectivity index (χ0n) is 11.9. The molecule has 1 aromatic carbocycles. The molecule has 5 nitrogen and oxygen atoms in total. The van der Waals surface area contributed by atoms with Gasteiger partial charge in [-0.05, 0) is 18.6 Å². The molecule has 2 heterocycles. The molecule has 3 rings (SSSR count). The van der Waals surface area contributed by atoms with Gasteiger partial charge in [-0.15, -0.1) is 0 Å². The van der Waals surface area contributed by atoms with Crippen LogP contribution in [0.25, 0.3) is 0 Å². The van der Waals surface area contributed by atoms with Gasteiger partial charge in [0.1, 0.15) is 18.0 Å². The van der Waals surface area contributed by atoms with Crippen molar-refractivity contribution in [3.63, 3.8) is 0 Å². The van der Waals surface area contributed by atoms with Gasteiger partial charge in [0.15, 0.2) is 6.10 Å². The molecule has 0 radical (unpaired) electrons. The highest BCUT2D eigenvalue weighted by molar-refractivity contribution is 5.32. The fraction of sp³-hybridized carbons (Fsp3) is 0.118. The first-order valence-electron chi connectivity index (χ1n) is 6.76. The van der Waals surface area contributed by atoms with Crippen molar-refractivity contribution >= 4 is 0 Å². The van der Waals surface area contributed by atoms with Crippen LogP contribution in [0.4, 0.5) is 0 Å². The summed E-state index contributed by atoms with van der Waals surface area (Å²) in [6, 6.07) is 15.1. The lowest BCUT2D eigenvalue weighted by Crippen LogP contribution is -2.11. The molecule has 0 amide bonds. The smallest absolute Gasteiger partial charge is 0.214 e. The van der Waals surface area contributed by atoms with Crippen molar-refractivity contribution < 1.29 is 9.26 Å². The van der Waals surface area contributed by atoms with Crippen molar-refractivity contribution in [1.82, 2.24) is 10.1 Å². The molecule has 0 bridgehead atoms. The average Bonchev–Trinajstić information content (AvgIpc) is 3.07. The molecule has 1 unspecified atom stereocenters. The van der Waals surface area contributed by atoms with Crippen molar-refractivity contribution in [2.24, 2.45) is 0 Å². The van der Waals surface area contributed by atoms with Gasteiger partial charge >= 0.3 is 0 Å². The molecule has 0 N–H and O–H groups in total. The van der Waals surface area contributed by atoms with Gasteiger partial charge in [0.25, 0.3) is 0 Å². The lowest BCUT2D eigenvalue weighted by molar-refractivity contribution is 0.225. The molecule has 5 heteroatoms. The van der Waals surface area contributed by atoms with Gasteiger partial charge in [0.05, 0.1) is 5.56 Å². The van der Waals surface area contributed by atoms with Crippen molar-refractivity contribution in [3.05, 3.63) is 77.3 Å². The van der Waals surface area contributed by atoms with E-state index in [4.69, 9.17) is 14.5 Å². The van der Waals surface area contributed by atoms with Crippen molar-refractivity contribution in [3.8, 4) is 11.9 Å².